The van der Waals surface area contributed by atoms with E-state index in [0.29, 0.717) is 33.9 Å². The molecule has 0 aliphatic rings. The molecule has 0 saturated heterocycles. The number of hydrogen-bond acceptors (Lipinski definition) is 4. The molecule has 4 rings (SSSR count). The van der Waals surface area contributed by atoms with Crippen molar-refractivity contribution in [3.05, 3.63) is 99.6 Å². The predicted molar refractivity (Wildman–Crippen MR) is 120 cm³/mol. The summed E-state index contributed by atoms with van der Waals surface area (Å²) in [7, 11) is 0. The molecule has 158 valence electrons. The standard InChI is InChI=1S/C23H19Cl2N3O3/c1-15-11-22(27-28(15)13-16-5-2-3-8-20(16)25)26-23(29)21-10-9-19(31-21)14-30-18-7-4-6-17(24)12-18/h2-12H,13-14H2,1H3,(H,26,27,29). The molecule has 4 aromatic rings. The van der Waals surface area contributed by atoms with Gasteiger partial charge in [0, 0.05) is 21.8 Å². The van der Waals surface area contributed by atoms with Crippen molar-refractivity contribution in [2.24, 2.45) is 0 Å². The zero-order valence-electron chi connectivity index (χ0n) is 16.6. The smallest absolute Gasteiger partial charge is 0.292 e. The number of carbonyl (C=O) groups is 1. The Morgan fingerprint density at radius 2 is 1.94 bits per heavy atom. The molecule has 0 unspecified atom stereocenters. The van der Waals surface area contributed by atoms with Crippen LogP contribution in [-0.2, 0) is 13.2 Å². The number of anilines is 1. The molecule has 6 nitrogen and oxygen atoms in total. The van der Waals surface area contributed by atoms with E-state index in [2.05, 4.69) is 10.4 Å². The molecule has 2 aromatic carbocycles. The number of halogens is 2. The molecule has 8 heteroatoms. The van der Waals surface area contributed by atoms with Crippen molar-refractivity contribution in [3.8, 4) is 5.75 Å². The van der Waals surface area contributed by atoms with E-state index in [1.807, 2.05) is 31.2 Å². The Morgan fingerprint density at radius 3 is 2.74 bits per heavy atom. The minimum atomic E-state index is -0.392. The van der Waals surface area contributed by atoms with Gasteiger partial charge in [0.1, 0.15) is 18.1 Å². The van der Waals surface area contributed by atoms with E-state index >= 15 is 0 Å². The highest BCUT2D eigenvalue weighted by molar-refractivity contribution is 6.31. The molecule has 31 heavy (non-hydrogen) atoms. The SMILES string of the molecule is Cc1cc(NC(=O)c2ccc(COc3cccc(Cl)c3)o2)nn1Cc1ccccc1Cl. The molecular formula is C23H19Cl2N3O3. The number of ether oxygens (including phenoxy) is 1. The van der Waals surface area contributed by atoms with Gasteiger partial charge in [0.15, 0.2) is 11.6 Å². The minimum Gasteiger partial charge on any atom is -0.486 e. The maximum atomic E-state index is 12.5. The quantitative estimate of drug-likeness (QED) is 0.372. The summed E-state index contributed by atoms with van der Waals surface area (Å²) in [6, 6.07) is 19.7. The molecule has 1 amide bonds. The van der Waals surface area contributed by atoms with Gasteiger partial charge in [0.05, 0.1) is 6.54 Å². The lowest BCUT2D eigenvalue weighted by molar-refractivity contribution is 0.0992. The number of hydrogen-bond donors (Lipinski definition) is 1. The van der Waals surface area contributed by atoms with Crippen molar-refractivity contribution in [2.45, 2.75) is 20.1 Å². The third-order valence-electron chi connectivity index (χ3n) is 4.56. The van der Waals surface area contributed by atoms with Crippen LogP contribution in [0.15, 0.2) is 71.1 Å². The normalized spacial score (nSPS) is 10.8. The van der Waals surface area contributed by atoms with Crippen LogP contribution >= 0.6 is 23.2 Å². The summed E-state index contributed by atoms with van der Waals surface area (Å²) in [5, 5.41) is 8.47. The van der Waals surface area contributed by atoms with Crippen LogP contribution in [0.4, 0.5) is 5.82 Å². The van der Waals surface area contributed by atoms with Crippen LogP contribution in [0.3, 0.4) is 0 Å². The van der Waals surface area contributed by atoms with Gasteiger partial charge in [0.25, 0.3) is 5.91 Å². The lowest BCUT2D eigenvalue weighted by atomic mass is 10.2. The van der Waals surface area contributed by atoms with E-state index < -0.39 is 5.91 Å². The van der Waals surface area contributed by atoms with Crippen LogP contribution in [-0.4, -0.2) is 15.7 Å². The first-order chi connectivity index (χ1) is 15.0. The average molecular weight is 456 g/mol. The van der Waals surface area contributed by atoms with Crippen molar-refractivity contribution in [3.63, 3.8) is 0 Å². The van der Waals surface area contributed by atoms with Crippen LogP contribution < -0.4 is 10.1 Å². The van der Waals surface area contributed by atoms with Gasteiger partial charge in [-0.3, -0.25) is 9.48 Å². The van der Waals surface area contributed by atoms with Crippen LogP contribution in [0.1, 0.15) is 27.6 Å². The fourth-order valence-electron chi connectivity index (χ4n) is 2.99. The van der Waals surface area contributed by atoms with E-state index in [-0.39, 0.29) is 12.4 Å². The second kappa shape index (κ2) is 9.29. The second-order valence-corrected chi connectivity index (χ2v) is 7.73. The largest absolute Gasteiger partial charge is 0.486 e. The number of benzene rings is 2. The van der Waals surface area contributed by atoms with Gasteiger partial charge in [-0.05, 0) is 48.9 Å². The summed E-state index contributed by atoms with van der Waals surface area (Å²) >= 11 is 12.2. The van der Waals surface area contributed by atoms with Crippen molar-refractivity contribution < 1.29 is 13.9 Å². The zero-order chi connectivity index (χ0) is 21.8. The lowest BCUT2D eigenvalue weighted by Crippen LogP contribution is -2.12. The number of aromatic nitrogens is 2. The Bertz CT molecular complexity index is 1220. The molecule has 2 heterocycles. The molecule has 0 atom stereocenters. The van der Waals surface area contributed by atoms with Crippen molar-refractivity contribution in [1.29, 1.82) is 0 Å². The summed E-state index contributed by atoms with van der Waals surface area (Å²) in [5.74, 6) is 1.35. The van der Waals surface area contributed by atoms with Crippen molar-refractivity contribution in [1.82, 2.24) is 9.78 Å². The molecule has 0 saturated carbocycles. The Kier molecular flexibility index (Phi) is 6.30. The highest BCUT2D eigenvalue weighted by Gasteiger charge is 2.15. The van der Waals surface area contributed by atoms with Gasteiger partial charge >= 0.3 is 0 Å². The van der Waals surface area contributed by atoms with E-state index in [1.54, 1.807) is 47.1 Å². The molecule has 1 N–H and O–H groups in total. The number of rotatable bonds is 7. The Hall–Kier alpha value is -3.22. The van der Waals surface area contributed by atoms with E-state index in [4.69, 9.17) is 32.4 Å². The number of amides is 1. The topological polar surface area (TPSA) is 69.3 Å². The van der Waals surface area contributed by atoms with Crippen LogP contribution in [0.5, 0.6) is 5.75 Å². The number of aryl methyl sites for hydroxylation is 1. The van der Waals surface area contributed by atoms with Gasteiger partial charge < -0.3 is 14.5 Å². The van der Waals surface area contributed by atoms with Crippen molar-refractivity contribution >= 4 is 34.9 Å². The summed E-state index contributed by atoms with van der Waals surface area (Å²) < 4.78 is 13.0. The molecule has 0 bridgehead atoms. The third-order valence-corrected chi connectivity index (χ3v) is 5.17. The summed E-state index contributed by atoms with van der Waals surface area (Å²) in [5.41, 5.74) is 1.84. The van der Waals surface area contributed by atoms with E-state index in [9.17, 15) is 4.79 Å². The molecule has 0 spiro atoms. The molecule has 2 aromatic heterocycles. The second-order valence-electron chi connectivity index (χ2n) is 6.89. The first kappa shape index (κ1) is 21.0. The summed E-state index contributed by atoms with van der Waals surface area (Å²) in [6.45, 7) is 2.60. The van der Waals surface area contributed by atoms with Gasteiger partial charge in [0.2, 0.25) is 0 Å². The Morgan fingerprint density at radius 1 is 1.10 bits per heavy atom. The lowest BCUT2D eigenvalue weighted by Gasteiger charge is -2.06. The summed E-state index contributed by atoms with van der Waals surface area (Å²) in [4.78, 5) is 12.5. The fraction of sp³-hybridized carbons (Fsp3) is 0.130. The molecule has 0 aliphatic carbocycles. The van der Waals surface area contributed by atoms with Gasteiger partial charge in [-0.25, -0.2) is 0 Å². The first-order valence-electron chi connectivity index (χ1n) is 9.54. The minimum absolute atomic E-state index is 0.169. The summed E-state index contributed by atoms with van der Waals surface area (Å²) in [6.07, 6.45) is 0. The average Bonchev–Trinajstić information content (AvgIpc) is 3.35. The van der Waals surface area contributed by atoms with Crippen molar-refractivity contribution in [2.75, 3.05) is 5.32 Å². The number of carbonyl (C=O) groups excluding carboxylic acids is 1. The third kappa shape index (κ3) is 5.29. The fourth-order valence-corrected chi connectivity index (χ4v) is 3.36. The highest BCUT2D eigenvalue weighted by atomic mass is 35.5. The predicted octanol–water partition coefficient (Wildman–Crippen LogP) is 5.97. The van der Waals surface area contributed by atoms with Gasteiger partial charge in [-0.1, -0.05) is 47.5 Å². The molecule has 0 aliphatic heterocycles. The molecular weight excluding hydrogens is 437 g/mol. The van der Waals surface area contributed by atoms with E-state index in [1.165, 1.54) is 0 Å². The number of nitrogens with zero attached hydrogens (tertiary/aromatic N) is 2. The Balaban J connectivity index is 1.38. The highest BCUT2D eigenvalue weighted by Crippen LogP contribution is 2.20. The van der Waals surface area contributed by atoms with Crippen LogP contribution in [0.25, 0.3) is 0 Å². The van der Waals surface area contributed by atoms with Crippen LogP contribution in [0, 0.1) is 6.92 Å². The van der Waals surface area contributed by atoms with Gasteiger partial charge in [-0.2, -0.15) is 5.10 Å². The number of nitrogens with one attached hydrogen (secondary N) is 1. The first-order valence-corrected chi connectivity index (χ1v) is 10.3. The Labute approximate surface area is 189 Å². The molecule has 0 radical (unpaired) electrons. The number of furan rings is 1. The van der Waals surface area contributed by atoms with Gasteiger partial charge in [-0.15, -0.1) is 0 Å². The van der Waals surface area contributed by atoms with E-state index in [0.717, 1.165) is 11.3 Å². The maximum Gasteiger partial charge on any atom is 0.292 e. The zero-order valence-corrected chi connectivity index (χ0v) is 18.2. The molecule has 0 fully saturated rings. The maximum absolute atomic E-state index is 12.5. The van der Waals surface area contributed by atoms with Crippen LogP contribution in [0.2, 0.25) is 10.0 Å². The monoisotopic (exact) mass is 455 g/mol.